The van der Waals surface area contributed by atoms with Crippen LogP contribution >= 0.6 is 23.1 Å². The molecule has 3 rings (SSSR count). The normalized spacial score (nSPS) is 14.7. The highest BCUT2D eigenvalue weighted by Crippen LogP contribution is 2.28. The van der Waals surface area contributed by atoms with Gasteiger partial charge >= 0.3 is 0 Å². The predicted molar refractivity (Wildman–Crippen MR) is 95.5 cm³/mol. The number of aromatic nitrogens is 2. The average Bonchev–Trinajstić information content (AvgIpc) is 3.03. The highest BCUT2D eigenvalue weighted by molar-refractivity contribution is 8.01. The van der Waals surface area contributed by atoms with Gasteiger partial charge in [-0.25, -0.2) is 0 Å². The van der Waals surface area contributed by atoms with E-state index in [9.17, 15) is 4.79 Å². The molecule has 1 amide bonds. The lowest BCUT2D eigenvalue weighted by Crippen LogP contribution is -2.36. The van der Waals surface area contributed by atoms with Crippen LogP contribution in [0.3, 0.4) is 0 Å². The van der Waals surface area contributed by atoms with E-state index in [0.29, 0.717) is 5.75 Å². The molecule has 0 unspecified atom stereocenters. The molecule has 2 aromatic rings. The fourth-order valence-electron chi connectivity index (χ4n) is 2.44. The van der Waals surface area contributed by atoms with Crippen LogP contribution in [0.15, 0.2) is 28.6 Å². The quantitative estimate of drug-likeness (QED) is 0.835. The monoisotopic (exact) mass is 348 g/mol. The van der Waals surface area contributed by atoms with E-state index < -0.39 is 0 Å². The van der Waals surface area contributed by atoms with Crippen molar-refractivity contribution in [1.82, 2.24) is 15.1 Å². The van der Waals surface area contributed by atoms with Gasteiger partial charge in [-0.1, -0.05) is 40.8 Å². The van der Waals surface area contributed by atoms with Gasteiger partial charge in [0, 0.05) is 18.8 Å². The Labute approximate surface area is 144 Å². The third kappa shape index (κ3) is 4.68. The van der Waals surface area contributed by atoms with Gasteiger partial charge in [-0.2, -0.15) is 0 Å². The van der Waals surface area contributed by atoms with Crippen molar-refractivity contribution in [2.75, 3.05) is 24.2 Å². The van der Waals surface area contributed by atoms with Crippen LogP contribution in [-0.2, 0) is 4.79 Å². The van der Waals surface area contributed by atoms with Gasteiger partial charge in [-0.3, -0.25) is 4.79 Å². The van der Waals surface area contributed by atoms with Crippen LogP contribution < -0.4 is 5.32 Å². The molecule has 0 saturated carbocycles. The first-order valence-electron chi connectivity index (χ1n) is 7.78. The molecule has 7 heteroatoms. The summed E-state index contributed by atoms with van der Waals surface area (Å²) in [5, 5.41) is 12.3. The number of hydrogen-bond acceptors (Lipinski definition) is 6. The standard InChI is InChI=1S/C16H20N4OS2/c1-12-5-7-13(8-6-12)17-15-18-19-16(23-15)22-11-14(21)20-9-3-2-4-10-20/h5-8H,2-4,9-11H2,1H3,(H,17,18). The van der Waals surface area contributed by atoms with Gasteiger partial charge in [-0.05, 0) is 38.3 Å². The lowest BCUT2D eigenvalue weighted by molar-refractivity contribution is -0.129. The van der Waals surface area contributed by atoms with Crippen LogP contribution in [0.5, 0.6) is 0 Å². The summed E-state index contributed by atoms with van der Waals surface area (Å²) in [4.78, 5) is 14.1. The molecule has 0 spiro atoms. The van der Waals surface area contributed by atoms with Crippen LogP contribution in [0.2, 0.25) is 0 Å². The summed E-state index contributed by atoms with van der Waals surface area (Å²) >= 11 is 2.95. The predicted octanol–water partition coefficient (Wildman–Crippen LogP) is 3.69. The molecule has 1 aromatic heterocycles. The maximum Gasteiger partial charge on any atom is 0.233 e. The van der Waals surface area contributed by atoms with Crippen LogP contribution in [0.25, 0.3) is 0 Å². The molecular formula is C16H20N4OS2. The van der Waals surface area contributed by atoms with Crippen LogP contribution in [0.4, 0.5) is 10.8 Å². The third-order valence-electron chi connectivity index (χ3n) is 3.74. The molecule has 1 saturated heterocycles. The van der Waals surface area contributed by atoms with Gasteiger partial charge in [-0.15, -0.1) is 10.2 Å². The number of aryl methyl sites for hydroxylation is 1. The Bertz CT molecular complexity index is 650. The molecule has 1 fully saturated rings. The number of rotatable bonds is 5. The summed E-state index contributed by atoms with van der Waals surface area (Å²) in [5.74, 6) is 0.650. The Hall–Kier alpha value is -1.60. The van der Waals surface area contributed by atoms with E-state index in [1.54, 1.807) is 0 Å². The fraction of sp³-hybridized carbons (Fsp3) is 0.438. The average molecular weight is 348 g/mol. The lowest BCUT2D eigenvalue weighted by Gasteiger charge is -2.26. The summed E-state index contributed by atoms with van der Waals surface area (Å²) in [6, 6.07) is 8.14. The molecule has 0 aliphatic carbocycles. The smallest absolute Gasteiger partial charge is 0.233 e. The number of piperidine rings is 1. The van der Waals surface area contributed by atoms with Crippen molar-refractivity contribution in [3.8, 4) is 0 Å². The number of anilines is 2. The van der Waals surface area contributed by atoms with Crippen molar-refractivity contribution >= 4 is 39.8 Å². The van der Waals surface area contributed by atoms with Crippen LogP contribution in [0, 0.1) is 6.92 Å². The number of nitrogens with one attached hydrogen (secondary N) is 1. The zero-order chi connectivity index (χ0) is 16.1. The van der Waals surface area contributed by atoms with E-state index in [0.717, 1.165) is 41.1 Å². The molecule has 2 heterocycles. The number of amides is 1. The van der Waals surface area contributed by atoms with E-state index in [4.69, 9.17) is 0 Å². The highest BCUT2D eigenvalue weighted by Gasteiger charge is 2.17. The molecular weight excluding hydrogens is 328 g/mol. The van der Waals surface area contributed by atoms with Gasteiger partial charge in [0.25, 0.3) is 0 Å². The van der Waals surface area contributed by atoms with Gasteiger partial charge in [0.15, 0.2) is 4.34 Å². The number of thioether (sulfide) groups is 1. The van der Waals surface area contributed by atoms with Gasteiger partial charge in [0.1, 0.15) is 0 Å². The Kier molecular flexibility index (Phi) is 5.51. The number of hydrogen-bond donors (Lipinski definition) is 1. The molecule has 0 radical (unpaired) electrons. The van der Waals surface area contributed by atoms with Crippen molar-refractivity contribution in [2.24, 2.45) is 0 Å². The maximum absolute atomic E-state index is 12.1. The molecule has 0 bridgehead atoms. The SMILES string of the molecule is Cc1ccc(Nc2nnc(SCC(=O)N3CCCCC3)s2)cc1. The Balaban J connectivity index is 1.50. The van der Waals surface area contributed by atoms with Crippen molar-refractivity contribution in [3.05, 3.63) is 29.8 Å². The maximum atomic E-state index is 12.1. The highest BCUT2D eigenvalue weighted by atomic mass is 32.2. The topological polar surface area (TPSA) is 58.1 Å². The number of benzene rings is 1. The molecule has 1 aliphatic rings. The first kappa shape index (κ1) is 16.3. The van der Waals surface area contributed by atoms with Gasteiger partial charge < -0.3 is 10.2 Å². The van der Waals surface area contributed by atoms with E-state index in [-0.39, 0.29) is 5.91 Å². The Morgan fingerprint density at radius 1 is 1.22 bits per heavy atom. The molecule has 0 atom stereocenters. The van der Waals surface area contributed by atoms with Crippen LogP contribution in [0.1, 0.15) is 24.8 Å². The first-order valence-corrected chi connectivity index (χ1v) is 9.59. The molecule has 23 heavy (non-hydrogen) atoms. The third-order valence-corrected chi connectivity index (χ3v) is 5.69. The summed E-state index contributed by atoms with van der Waals surface area (Å²) in [7, 11) is 0. The van der Waals surface area contributed by atoms with E-state index in [1.807, 2.05) is 17.0 Å². The van der Waals surface area contributed by atoms with E-state index in [2.05, 4.69) is 34.6 Å². The number of carbonyl (C=O) groups is 1. The van der Waals surface area contributed by atoms with Crippen molar-refractivity contribution in [3.63, 3.8) is 0 Å². The minimum atomic E-state index is 0.206. The fourth-order valence-corrected chi connectivity index (χ4v) is 4.11. The lowest BCUT2D eigenvalue weighted by atomic mass is 10.1. The molecule has 1 aromatic carbocycles. The Morgan fingerprint density at radius 2 is 1.96 bits per heavy atom. The Morgan fingerprint density at radius 3 is 2.70 bits per heavy atom. The largest absolute Gasteiger partial charge is 0.342 e. The molecule has 1 aliphatic heterocycles. The summed E-state index contributed by atoms with van der Waals surface area (Å²) in [6.45, 7) is 3.86. The molecule has 5 nitrogen and oxygen atoms in total. The van der Waals surface area contributed by atoms with Crippen molar-refractivity contribution < 1.29 is 4.79 Å². The molecule has 122 valence electrons. The zero-order valence-corrected chi connectivity index (χ0v) is 14.8. The molecule has 1 N–H and O–H groups in total. The van der Waals surface area contributed by atoms with Crippen molar-refractivity contribution in [2.45, 2.75) is 30.5 Å². The summed E-state index contributed by atoms with van der Waals surface area (Å²) in [6.07, 6.45) is 3.49. The summed E-state index contributed by atoms with van der Waals surface area (Å²) in [5.41, 5.74) is 2.22. The minimum absolute atomic E-state index is 0.206. The second-order valence-electron chi connectivity index (χ2n) is 5.59. The number of nitrogens with zero attached hydrogens (tertiary/aromatic N) is 3. The van der Waals surface area contributed by atoms with Gasteiger partial charge in [0.2, 0.25) is 11.0 Å². The van der Waals surface area contributed by atoms with Crippen molar-refractivity contribution in [1.29, 1.82) is 0 Å². The van der Waals surface area contributed by atoms with Crippen LogP contribution in [-0.4, -0.2) is 39.8 Å². The second kappa shape index (κ2) is 7.79. The van der Waals surface area contributed by atoms with Gasteiger partial charge in [0.05, 0.1) is 5.75 Å². The zero-order valence-electron chi connectivity index (χ0n) is 13.1. The second-order valence-corrected chi connectivity index (χ2v) is 7.79. The first-order chi connectivity index (χ1) is 11.2. The number of carbonyl (C=O) groups excluding carboxylic acids is 1. The van der Waals surface area contributed by atoms with E-state index >= 15 is 0 Å². The summed E-state index contributed by atoms with van der Waals surface area (Å²) < 4.78 is 0.824. The number of likely N-dealkylation sites (tertiary alicyclic amines) is 1. The minimum Gasteiger partial charge on any atom is -0.342 e. The van der Waals surface area contributed by atoms with E-state index in [1.165, 1.54) is 35.1 Å².